The van der Waals surface area contributed by atoms with E-state index < -0.39 is 28.9 Å². The minimum absolute atomic E-state index is 0.0476. The van der Waals surface area contributed by atoms with Crippen molar-refractivity contribution in [2.24, 2.45) is 10.8 Å². The lowest BCUT2D eigenvalue weighted by Crippen LogP contribution is -2.30. The molecular weight excluding hydrogens is 524 g/mol. The van der Waals surface area contributed by atoms with Crippen LogP contribution in [0.25, 0.3) is 0 Å². The van der Waals surface area contributed by atoms with Gasteiger partial charge in [0.25, 0.3) is 0 Å². The number of hydrogen-bond donors (Lipinski definition) is 4. The van der Waals surface area contributed by atoms with Gasteiger partial charge >= 0.3 is 17.9 Å². The second-order valence-electron chi connectivity index (χ2n) is 12.3. The molecule has 0 saturated carbocycles. The van der Waals surface area contributed by atoms with Crippen LogP contribution in [0.2, 0.25) is 0 Å². The second-order valence-corrected chi connectivity index (χ2v) is 12.3. The Bertz CT molecular complexity index is 1340. The molecular formula is C31H38N4O6. The molecule has 0 heterocycles. The molecule has 0 unspecified atom stereocenters. The van der Waals surface area contributed by atoms with Crippen LogP contribution in [0.3, 0.4) is 0 Å². The van der Waals surface area contributed by atoms with Gasteiger partial charge in [0.05, 0.1) is 17.2 Å². The summed E-state index contributed by atoms with van der Waals surface area (Å²) in [5, 5.41) is 60.4. The number of nitriles is 3. The Kier molecular flexibility index (Phi) is 11.1. The molecule has 0 radical (unpaired) electrons. The van der Waals surface area contributed by atoms with E-state index in [4.69, 9.17) is 0 Å². The van der Waals surface area contributed by atoms with Gasteiger partial charge in [0.2, 0.25) is 0 Å². The molecule has 0 atom stereocenters. The maximum Gasteiger partial charge on any atom is 0.346 e. The molecule has 41 heavy (non-hydrogen) atoms. The maximum absolute atomic E-state index is 11.6. The lowest BCUT2D eigenvalue weighted by molar-refractivity contribution is -0.140. The minimum atomic E-state index is -1.56. The van der Waals surface area contributed by atoms with E-state index in [2.05, 4.69) is 11.4 Å². The summed E-state index contributed by atoms with van der Waals surface area (Å²) < 4.78 is 0. The van der Waals surface area contributed by atoms with Gasteiger partial charge in [-0.25, -0.2) is 14.4 Å². The first-order chi connectivity index (χ1) is 19.2. The summed E-state index contributed by atoms with van der Waals surface area (Å²) in [6.45, 7) is 8.39. The van der Waals surface area contributed by atoms with E-state index in [0.717, 1.165) is 37.7 Å². The van der Waals surface area contributed by atoms with Crippen molar-refractivity contribution in [3.63, 3.8) is 0 Å². The first-order valence-electron chi connectivity index (χ1n) is 13.7. The summed E-state index contributed by atoms with van der Waals surface area (Å²) in [5.74, 6) is -4.44. The number of hydrogen-bond acceptors (Lipinski definition) is 7. The SMILES string of the molecule is CC1(C)CC(NCCCCCCCC2=C(C#N)/C(=C(\C#N)C(=O)O)CC(C)(C)C2)=C(C#N)C(=C(C(=O)O)C(=O)O)C1. The molecule has 2 aliphatic rings. The second kappa shape index (κ2) is 13.8. The molecule has 0 spiro atoms. The average Bonchev–Trinajstić information content (AvgIpc) is 2.84. The summed E-state index contributed by atoms with van der Waals surface area (Å²) in [6.07, 6.45) is 6.72. The molecule has 10 heteroatoms. The highest BCUT2D eigenvalue weighted by Crippen LogP contribution is 2.45. The number of allylic oxidation sites excluding steroid dienone is 6. The Morgan fingerprint density at radius 3 is 1.80 bits per heavy atom. The van der Waals surface area contributed by atoms with Gasteiger partial charge in [0.15, 0.2) is 0 Å². The molecule has 4 N–H and O–H groups in total. The number of aliphatic carboxylic acids is 3. The maximum atomic E-state index is 11.6. The number of nitrogens with zero attached hydrogens (tertiary/aromatic N) is 3. The molecule has 0 bridgehead atoms. The van der Waals surface area contributed by atoms with Gasteiger partial charge in [0, 0.05) is 12.2 Å². The zero-order valence-electron chi connectivity index (χ0n) is 24.2. The summed E-state index contributed by atoms with van der Waals surface area (Å²) in [7, 11) is 0. The van der Waals surface area contributed by atoms with Gasteiger partial charge in [0.1, 0.15) is 23.3 Å². The summed E-state index contributed by atoms with van der Waals surface area (Å²) in [5.41, 5.74) is 0.492. The van der Waals surface area contributed by atoms with Crippen molar-refractivity contribution < 1.29 is 29.7 Å². The van der Waals surface area contributed by atoms with Crippen LogP contribution >= 0.6 is 0 Å². The van der Waals surface area contributed by atoms with Gasteiger partial charge < -0.3 is 20.6 Å². The lowest BCUT2D eigenvalue weighted by atomic mass is 9.70. The third kappa shape index (κ3) is 8.56. The van der Waals surface area contributed by atoms with Gasteiger partial charge in [-0.15, -0.1) is 0 Å². The summed E-state index contributed by atoms with van der Waals surface area (Å²) >= 11 is 0. The van der Waals surface area contributed by atoms with Crippen molar-refractivity contribution in [3.05, 3.63) is 44.7 Å². The first-order valence-corrected chi connectivity index (χ1v) is 13.7. The Labute approximate surface area is 241 Å². The van der Waals surface area contributed by atoms with Gasteiger partial charge in [-0.05, 0) is 66.9 Å². The van der Waals surface area contributed by atoms with Crippen molar-refractivity contribution in [2.75, 3.05) is 6.54 Å². The standard InChI is InChI=1S/C31H38N4O6/c1-30(2)12-19(22(16-32)20(13-30)24(18-34)27(36)37)10-8-6-5-7-9-11-35-25-15-31(3,4)14-21(23(25)17-33)26(28(38)39)29(40)41/h35H,5-15H2,1-4H3,(H,36,37)(H,38,39)(H,40,41)/b24-20+. The van der Waals surface area contributed by atoms with Crippen LogP contribution in [0.4, 0.5) is 0 Å². The fraction of sp³-hybridized carbons (Fsp3) is 0.548. The molecule has 0 fully saturated rings. The Morgan fingerprint density at radius 2 is 1.27 bits per heavy atom. The normalized spacial score (nSPS) is 19.0. The number of nitrogens with one attached hydrogen (secondary N) is 1. The van der Waals surface area contributed by atoms with E-state index in [-0.39, 0.29) is 28.6 Å². The smallest absolute Gasteiger partial charge is 0.346 e. The molecule has 218 valence electrons. The van der Waals surface area contributed by atoms with Crippen molar-refractivity contribution >= 4 is 17.9 Å². The minimum Gasteiger partial charge on any atom is -0.477 e. The summed E-state index contributed by atoms with van der Waals surface area (Å²) in [4.78, 5) is 34.8. The summed E-state index contributed by atoms with van der Waals surface area (Å²) in [6, 6.07) is 5.92. The number of carboxylic acids is 3. The number of unbranched alkanes of at least 4 members (excludes halogenated alkanes) is 4. The van der Waals surface area contributed by atoms with E-state index in [9.17, 15) is 45.5 Å². The quantitative estimate of drug-likeness (QED) is 0.0772. The Morgan fingerprint density at radius 1 is 0.732 bits per heavy atom. The molecule has 0 aliphatic heterocycles. The highest BCUT2D eigenvalue weighted by molar-refractivity contribution is 6.14. The highest BCUT2D eigenvalue weighted by atomic mass is 16.4. The van der Waals surface area contributed by atoms with E-state index in [1.54, 1.807) is 6.07 Å². The molecule has 0 amide bonds. The van der Waals surface area contributed by atoms with E-state index >= 15 is 0 Å². The number of rotatable bonds is 12. The molecule has 0 saturated heterocycles. The fourth-order valence-corrected chi connectivity index (χ4v) is 5.79. The van der Waals surface area contributed by atoms with Crippen molar-refractivity contribution in [1.29, 1.82) is 15.8 Å². The topological polar surface area (TPSA) is 195 Å². The van der Waals surface area contributed by atoms with Crippen LogP contribution in [0.5, 0.6) is 0 Å². The predicted molar refractivity (Wildman–Crippen MR) is 150 cm³/mol. The van der Waals surface area contributed by atoms with Crippen LogP contribution in [-0.2, 0) is 14.4 Å². The van der Waals surface area contributed by atoms with Crippen LogP contribution in [0.1, 0.15) is 91.9 Å². The third-order valence-corrected chi connectivity index (χ3v) is 7.49. The van der Waals surface area contributed by atoms with E-state index in [0.29, 0.717) is 49.1 Å². The van der Waals surface area contributed by atoms with Crippen LogP contribution in [0.15, 0.2) is 44.7 Å². The predicted octanol–water partition coefficient (Wildman–Crippen LogP) is 5.53. The zero-order valence-corrected chi connectivity index (χ0v) is 24.2. The largest absolute Gasteiger partial charge is 0.477 e. The molecule has 2 aliphatic carbocycles. The van der Waals surface area contributed by atoms with E-state index in [1.807, 2.05) is 33.8 Å². The highest BCUT2D eigenvalue weighted by Gasteiger charge is 2.36. The third-order valence-electron chi connectivity index (χ3n) is 7.49. The van der Waals surface area contributed by atoms with Gasteiger partial charge in [-0.2, -0.15) is 15.8 Å². The Hall–Kier alpha value is -4.36. The fourth-order valence-electron chi connectivity index (χ4n) is 5.79. The van der Waals surface area contributed by atoms with Crippen LogP contribution in [-0.4, -0.2) is 39.8 Å². The van der Waals surface area contributed by atoms with Gasteiger partial charge in [-0.3, -0.25) is 0 Å². The molecule has 0 aromatic carbocycles. The average molecular weight is 563 g/mol. The van der Waals surface area contributed by atoms with Crippen LogP contribution in [0, 0.1) is 44.8 Å². The molecule has 0 aromatic rings. The molecule has 10 nitrogen and oxygen atoms in total. The first kappa shape index (κ1) is 32.8. The van der Waals surface area contributed by atoms with Crippen molar-refractivity contribution in [2.45, 2.75) is 91.9 Å². The number of carbonyl (C=O) groups is 3. The molecule has 2 rings (SSSR count). The number of carboxylic acid groups (broad SMARTS) is 3. The van der Waals surface area contributed by atoms with Crippen molar-refractivity contribution in [3.8, 4) is 18.2 Å². The zero-order chi connectivity index (χ0) is 31.0. The lowest BCUT2D eigenvalue weighted by Gasteiger charge is -2.34. The monoisotopic (exact) mass is 562 g/mol. The Balaban J connectivity index is 2.00. The van der Waals surface area contributed by atoms with Gasteiger partial charge in [-0.1, -0.05) is 52.5 Å². The van der Waals surface area contributed by atoms with Crippen LogP contribution < -0.4 is 5.32 Å². The van der Waals surface area contributed by atoms with E-state index in [1.165, 1.54) is 0 Å². The molecule has 0 aromatic heterocycles. The van der Waals surface area contributed by atoms with Crippen molar-refractivity contribution in [1.82, 2.24) is 5.32 Å².